The minimum absolute atomic E-state index is 0.0704. The molecule has 1 fully saturated rings. The molecule has 0 radical (unpaired) electrons. The second kappa shape index (κ2) is 4.97. The number of nitrogens with one attached hydrogen (secondary N) is 1. The van der Waals surface area contributed by atoms with Gasteiger partial charge in [-0.1, -0.05) is 0 Å². The number of ether oxygens (including phenoxy) is 1. The number of methoxy groups -OCH3 is 1. The van der Waals surface area contributed by atoms with E-state index in [1.165, 1.54) is 7.11 Å². The maximum atomic E-state index is 11.9. The first-order chi connectivity index (χ1) is 8.22. The Kier molecular flexibility index (Phi) is 3.39. The Labute approximate surface area is 99.3 Å². The summed E-state index contributed by atoms with van der Waals surface area (Å²) in [4.78, 5) is 23.2. The summed E-state index contributed by atoms with van der Waals surface area (Å²) in [5.74, 6) is -0.470. The van der Waals surface area contributed by atoms with Gasteiger partial charge in [-0.2, -0.15) is 0 Å². The molecule has 1 saturated heterocycles. The summed E-state index contributed by atoms with van der Waals surface area (Å²) >= 11 is 0. The number of nitrogens with zero attached hydrogens (tertiary/aromatic N) is 1. The van der Waals surface area contributed by atoms with Crippen molar-refractivity contribution in [3.05, 3.63) is 35.4 Å². The lowest BCUT2D eigenvalue weighted by molar-refractivity contribution is 0.0599. The summed E-state index contributed by atoms with van der Waals surface area (Å²) in [7, 11) is 1.33. The number of rotatable bonds is 2. The maximum Gasteiger partial charge on any atom is 0.337 e. The molecule has 0 spiro atoms. The average molecular weight is 234 g/mol. The highest BCUT2D eigenvalue weighted by Crippen LogP contribution is 2.09. The van der Waals surface area contributed by atoms with Crippen LogP contribution in [0.3, 0.4) is 0 Å². The Balaban J connectivity index is 2.11. The molecular formula is C12H14N2O3. The van der Waals surface area contributed by atoms with E-state index in [0.29, 0.717) is 11.1 Å². The SMILES string of the molecule is COC(=O)c1ccc(C(=O)N2CCCN2)cc1. The summed E-state index contributed by atoms with van der Waals surface area (Å²) in [6.07, 6.45) is 0.964. The molecule has 2 rings (SSSR count). The van der Waals surface area contributed by atoms with Crippen molar-refractivity contribution in [2.24, 2.45) is 0 Å². The Bertz CT molecular complexity index is 422. The van der Waals surface area contributed by atoms with E-state index in [9.17, 15) is 9.59 Å². The first kappa shape index (κ1) is 11.6. The van der Waals surface area contributed by atoms with Gasteiger partial charge in [0.15, 0.2) is 0 Å². The van der Waals surface area contributed by atoms with Gasteiger partial charge in [-0.05, 0) is 30.7 Å². The summed E-state index contributed by atoms with van der Waals surface area (Å²) in [6.45, 7) is 1.55. The fourth-order valence-corrected chi connectivity index (χ4v) is 1.73. The molecule has 1 aromatic rings. The molecule has 0 saturated carbocycles. The molecule has 0 aromatic heterocycles. The summed E-state index contributed by atoms with van der Waals surface area (Å²) in [6, 6.07) is 6.45. The Morgan fingerprint density at radius 2 is 1.88 bits per heavy atom. The molecule has 1 heterocycles. The van der Waals surface area contributed by atoms with E-state index < -0.39 is 5.97 Å². The molecule has 0 aliphatic carbocycles. The molecule has 90 valence electrons. The molecule has 5 heteroatoms. The lowest BCUT2D eigenvalue weighted by Gasteiger charge is -2.15. The lowest BCUT2D eigenvalue weighted by atomic mass is 10.1. The monoisotopic (exact) mass is 234 g/mol. The van der Waals surface area contributed by atoms with Crippen LogP contribution in [0.25, 0.3) is 0 Å². The van der Waals surface area contributed by atoms with Crippen molar-refractivity contribution >= 4 is 11.9 Å². The highest BCUT2D eigenvalue weighted by molar-refractivity contribution is 5.96. The first-order valence-electron chi connectivity index (χ1n) is 5.46. The fraction of sp³-hybridized carbons (Fsp3) is 0.333. The molecule has 1 aliphatic heterocycles. The quantitative estimate of drug-likeness (QED) is 0.770. The van der Waals surface area contributed by atoms with Gasteiger partial charge < -0.3 is 4.74 Å². The number of esters is 1. The molecule has 1 aliphatic rings. The number of carbonyl (C=O) groups excluding carboxylic acids is 2. The van der Waals surface area contributed by atoms with E-state index in [1.54, 1.807) is 29.3 Å². The zero-order chi connectivity index (χ0) is 12.3. The van der Waals surface area contributed by atoms with Crippen LogP contribution in [0.5, 0.6) is 0 Å². The van der Waals surface area contributed by atoms with Crippen molar-refractivity contribution < 1.29 is 14.3 Å². The van der Waals surface area contributed by atoms with Crippen LogP contribution < -0.4 is 5.43 Å². The maximum absolute atomic E-state index is 11.9. The topological polar surface area (TPSA) is 58.6 Å². The van der Waals surface area contributed by atoms with E-state index in [2.05, 4.69) is 10.2 Å². The van der Waals surface area contributed by atoms with E-state index in [1.807, 2.05) is 0 Å². The van der Waals surface area contributed by atoms with Crippen LogP contribution in [0, 0.1) is 0 Å². The molecular weight excluding hydrogens is 220 g/mol. The second-order valence-corrected chi connectivity index (χ2v) is 3.79. The normalized spacial score (nSPS) is 14.8. The van der Waals surface area contributed by atoms with Crippen molar-refractivity contribution in [1.82, 2.24) is 10.4 Å². The molecule has 0 bridgehead atoms. The van der Waals surface area contributed by atoms with Gasteiger partial charge in [0.25, 0.3) is 5.91 Å². The van der Waals surface area contributed by atoms with Crippen molar-refractivity contribution in [1.29, 1.82) is 0 Å². The highest BCUT2D eigenvalue weighted by atomic mass is 16.5. The zero-order valence-electron chi connectivity index (χ0n) is 9.60. The molecule has 5 nitrogen and oxygen atoms in total. The minimum atomic E-state index is -0.400. The number of benzene rings is 1. The summed E-state index contributed by atoms with van der Waals surface area (Å²) < 4.78 is 4.59. The first-order valence-corrected chi connectivity index (χ1v) is 5.46. The highest BCUT2D eigenvalue weighted by Gasteiger charge is 2.19. The fourth-order valence-electron chi connectivity index (χ4n) is 1.73. The van der Waals surface area contributed by atoms with Gasteiger partial charge in [0.05, 0.1) is 12.7 Å². The predicted molar refractivity (Wildman–Crippen MR) is 61.4 cm³/mol. The van der Waals surface area contributed by atoms with Crippen LogP contribution in [0.2, 0.25) is 0 Å². The summed E-state index contributed by atoms with van der Waals surface area (Å²) in [5, 5.41) is 1.59. The number of carbonyl (C=O) groups is 2. The molecule has 1 amide bonds. The van der Waals surface area contributed by atoms with E-state index >= 15 is 0 Å². The number of hydrogen-bond donors (Lipinski definition) is 1. The van der Waals surface area contributed by atoms with Crippen LogP contribution in [0.15, 0.2) is 24.3 Å². The number of hydrazine groups is 1. The van der Waals surface area contributed by atoms with Crippen molar-refractivity contribution in [3.63, 3.8) is 0 Å². The molecule has 0 unspecified atom stereocenters. The van der Waals surface area contributed by atoms with Crippen LogP contribution in [0.4, 0.5) is 0 Å². The van der Waals surface area contributed by atoms with Gasteiger partial charge in [-0.15, -0.1) is 0 Å². The van der Waals surface area contributed by atoms with Gasteiger partial charge in [0.2, 0.25) is 0 Å². The van der Waals surface area contributed by atoms with Crippen molar-refractivity contribution in [2.45, 2.75) is 6.42 Å². The minimum Gasteiger partial charge on any atom is -0.465 e. The number of hydrogen-bond acceptors (Lipinski definition) is 4. The van der Waals surface area contributed by atoms with Crippen molar-refractivity contribution in [3.8, 4) is 0 Å². The largest absolute Gasteiger partial charge is 0.465 e. The van der Waals surface area contributed by atoms with Crippen LogP contribution in [0.1, 0.15) is 27.1 Å². The second-order valence-electron chi connectivity index (χ2n) is 3.79. The van der Waals surface area contributed by atoms with E-state index in [-0.39, 0.29) is 5.91 Å². The van der Waals surface area contributed by atoms with Gasteiger partial charge >= 0.3 is 5.97 Å². The molecule has 0 atom stereocenters. The Morgan fingerprint density at radius 3 is 2.41 bits per heavy atom. The van der Waals surface area contributed by atoms with Crippen molar-refractivity contribution in [2.75, 3.05) is 20.2 Å². The van der Waals surface area contributed by atoms with Crippen LogP contribution in [-0.4, -0.2) is 37.1 Å². The van der Waals surface area contributed by atoms with Gasteiger partial charge in [-0.3, -0.25) is 9.80 Å². The Morgan fingerprint density at radius 1 is 1.24 bits per heavy atom. The van der Waals surface area contributed by atoms with Gasteiger partial charge in [0.1, 0.15) is 0 Å². The lowest BCUT2D eigenvalue weighted by Crippen LogP contribution is -2.36. The Hall–Kier alpha value is -1.88. The van der Waals surface area contributed by atoms with E-state index in [0.717, 1.165) is 19.5 Å². The smallest absolute Gasteiger partial charge is 0.337 e. The third kappa shape index (κ3) is 2.45. The number of amides is 1. The molecule has 1 aromatic carbocycles. The third-order valence-corrected chi connectivity index (χ3v) is 2.66. The van der Waals surface area contributed by atoms with E-state index in [4.69, 9.17) is 0 Å². The van der Waals surface area contributed by atoms with Crippen LogP contribution in [-0.2, 0) is 4.74 Å². The van der Waals surface area contributed by atoms with Gasteiger partial charge in [0, 0.05) is 18.7 Å². The third-order valence-electron chi connectivity index (χ3n) is 2.66. The standard InChI is InChI=1S/C12H14N2O3/c1-17-12(16)10-5-3-9(4-6-10)11(15)14-8-2-7-13-14/h3-6,13H,2,7-8H2,1H3. The predicted octanol–water partition coefficient (Wildman–Crippen LogP) is 0.824. The molecule has 17 heavy (non-hydrogen) atoms. The zero-order valence-corrected chi connectivity index (χ0v) is 9.60. The average Bonchev–Trinajstić information content (AvgIpc) is 2.91. The van der Waals surface area contributed by atoms with Gasteiger partial charge in [-0.25, -0.2) is 10.2 Å². The molecule has 1 N–H and O–H groups in total. The van der Waals surface area contributed by atoms with Crippen LogP contribution >= 0.6 is 0 Å². The summed E-state index contributed by atoms with van der Waals surface area (Å²) in [5.41, 5.74) is 4.00.